The van der Waals surface area contributed by atoms with E-state index in [1.165, 1.54) is 0 Å². The molecule has 0 amide bonds. The molecule has 40 atom stereocenters. The lowest BCUT2D eigenvalue weighted by Gasteiger charge is -2.51. The fourth-order valence-corrected chi connectivity index (χ4v) is 17.0. The topological polar surface area (TPSA) is 142 Å². The Morgan fingerprint density at radius 3 is 0.839 bits per heavy atom. The Morgan fingerprint density at radius 2 is 0.441 bits per heavy atom. The second kappa shape index (κ2) is 39.1. The molecule has 13 nitrogen and oxygen atoms in total. The average Bonchev–Trinajstić information content (AvgIpc) is 0.865. The van der Waals surface area contributed by atoms with Crippen molar-refractivity contribution >= 4 is 0 Å². The summed E-state index contributed by atoms with van der Waals surface area (Å²) in [4.78, 5) is 0. The van der Waals surface area contributed by atoms with E-state index in [2.05, 4.69) is 215 Å². The number of ether oxygens (including phenoxy) is 11. The normalized spacial score (nSPS) is 51.0. The van der Waals surface area contributed by atoms with Gasteiger partial charge in [-0.2, -0.15) is 0 Å². The summed E-state index contributed by atoms with van der Waals surface area (Å²) in [7, 11) is 0. The molecule has 0 saturated carbocycles. The second-order valence-electron chi connectivity index (χ2n) is 32.4. The van der Waals surface area contributed by atoms with Crippen LogP contribution in [0.4, 0.5) is 0 Å². The molecule has 93 heavy (non-hydrogen) atoms. The molecule has 0 aliphatic carbocycles. The van der Waals surface area contributed by atoms with Crippen molar-refractivity contribution in [3.05, 3.63) is 0 Å². The molecule has 8 fully saturated rings. The summed E-state index contributed by atoms with van der Waals surface area (Å²) in [5.74, 6) is 8.98. The molecular formula is C80H154O13. The van der Waals surface area contributed by atoms with Crippen LogP contribution in [0.3, 0.4) is 0 Å². The first-order valence-corrected chi connectivity index (χ1v) is 39.1. The molecule has 8 saturated heterocycles. The predicted molar refractivity (Wildman–Crippen MR) is 381 cm³/mol. The van der Waals surface area contributed by atoms with Crippen LogP contribution in [0.2, 0.25) is 0 Å². The maximum atomic E-state index is 9.84. The van der Waals surface area contributed by atoms with Crippen molar-refractivity contribution in [2.75, 3.05) is 0 Å². The minimum Gasteiger partial charge on any atom is -0.392 e. The molecule has 0 radical (unpaired) electrons. The smallest absolute Gasteiger partial charge is 0.161 e. The molecule has 552 valence electrons. The van der Waals surface area contributed by atoms with E-state index in [1.54, 1.807) is 0 Å². The van der Waals surface area contributed by atoms with Gasteiger partial charge in [0, 0.05) is 41.4 Å². The van der Waals surface area contributed by atoms with Crippen LogP contribution in [0.5, 0.6) is 0 Å². The molecule has 2 N–H and O–H groups in total. The van der Waals surface area contributed by atoms with Crippen LogP contribution in [-0.4, -0.2) is 139 Å². The summed E-state index contributed by atoms with van der Waals surface area (Å²) >= 11 is 0. The standard InChI is InChI=1S/C29H54O5.C20H38O3.C11H22O.2C10H20O2/c1-12-23-16(5)15(4)18(7)28(31-23)34-27-17(6)19(8)29(32-25(27)14-3)33-26-20(9)22(11)30-24(13-2)21(26)10;1-9-17-13(5)11(3)15(7)20(22-17)23-19-14(6)12(4)16(8)21-18(19)10-2;1-6-11-9(4)7(2)8(3)10(5)12-11;1-5-9-7(3)10(11)6(2)8(4)12-9;1-5-9-10(11)7(3)6(2)8(4)12-9/h15-29H,12-14H2,1-11H3;11-20H,9-10H2,1-8H3;7-11H,6H2,1-5H3;2*6-11H,5H2,1-4H3/t15?,16-,17-,18?,19?,20?,21+,22?,23+,24?,25?,26-,27+,28+,29+;11?,12?,13-,14-,15?,16?,17+,18?,19+,20+;7-,8?,9-,10?,11?;2*6?,7-,8?,9?,10+/m11101/s1. The van der Waals surface area contributed by atoms with Crippen LogP contribution in [0.1, 0.15) is 273 Å². The fourth-order valence-electron chi connectivity index (χ4n) is 17.0. The zero-order valence-electron chi connectivity index (χ0n) is 66.1. The van der Waals surface area contributed by atoms with E-state index in [0.717, 1.165) is 63.2 Å². The quantitative estimate of drug-likeness (QED) is 0.171. The minimum atomic E-state index is -0.277. The molecule has 0 spiro atoms. The van der Waals surface area contributed by atoms with Gasteiger partial charge in [0.1, 0.15) is 0 Å². The first kappa shape index (κ1) is 84.9. The summed E-state index contributed by atoms with van der Waals surface area (Å²) < 4.78 is 69.6. The molecule has 0 aromatic rings. The Bertz CT molecular complexity index is 1930. The SMILES string of the molecule is CCC1OC(C)C(C)[C@@H](C)[C@@H]1O.CCC1OC(C)C(C)[C@@H](C)[C@@H]1O[C@@H]1O[C@@H](CC)[C@H](C)C(C)C1C.CCC1OC(C)C(C)[C@@H](C)[C@H]1C.CCC1OC(C)C(C)[C@@H](O)[C@H]1C.CCC1O[C@@H](O[C@@H]2C(C)C(C)OC(CC)[C@@H]2C)C(C)[C@@H](C)[C@@H]1O[C@@H]1O[C@@H](CC)[C@H](C)C(C)C1C. The Morgan fingerprint density at radius 1 is 0.194 bits per heavy atom. The van der Waals surface area contributed by atoms with E-state index in [0.29, 0.717) is 107 Å². The van der Waals surface area contributed by atoms with E-state index in [1.807, 2.05) is 6.92 Å². The van der Waals surface area contributed by atoms with E-state index in [4.69, 9.17) is 52.1 Å². The predicted octanol–water partition coefficient (Wildman–Crippen LogP) is 18.3. The largest absolute Gasteiger partial charge is 0.392 e. The highest BCUT2D eigenvalue weighted by molar-refractivity contribution is 4.94. The molecule has 13 heteroatoms. The first-order valence-electron chi connectivity index (χ1n) is 39.1. The maximum Gasteiger partial charge on any atom is 0.161 e. The number of rotatable bonds is 14. The lowest BCUT2D eigenvalue weighted by molar-refractivity contribution is -0.338. The Kier molecular flexibility index (Phi) is 35.6. The van der Waals surface area contributed by atoms with Crippen LogP contribution in [0.15, 0.2) is 0 Å². The number of hydrogen-bond donors (Lipinski definition) is 2. The number of hydrogen-bond acceptors (Lipinski definition) is 13. The van der Waals surface area contributed by atoms with E-state index in [-0.39, 0.29) is 122 Å². The summed E-state index contributed by atoms with van der Waals surface area (Å²) in [5.41, 5.74) is 0. The molecule has 0 aromatic heterocycles. The Hall–Kier alpha value is -0.520. The van der Waals surface area contributed by atoms with Crippen molar-refractivity contribution in [1.82, 2.24) is 0 Å². The first-order chi connectivity index (χ1) is 43.6. The van der Waals surface area contributed by atoms with Gasteiger partial charge in [-0.25, -0.2) is 0 Å². The number of aliphatic hydroxyl groups is 2. The lowest BCUT2D eigenvalue weighted by atomic mass is 9.76. The summed E-state index contributed by atoms with van der Waals surface area (Å²) in [6, 6.07) is 0. The van der Waals surface area contributed by atoms with Crippen molar-refractivity contribution in [2.24, 2.45) is 112 Å². The third-order valence-corrected chi connectivity index (χ3v) is 27.2. The summed E-state index contributed by atoms with van der Waals surface area (Å²) in [6.45, 7) is 71.1. The van der Waals surface area contributed by atoms with Gasteiger partial charge in [0.15, 0.2) is 18.9 Å². The second-order valence-corrected chi connectivity index (χ2v) is 32.4. The Balaban J connectivity index is 0.000000268. The third kappa shape index (κ3) is 20.8. The molecule has 8 aliphatic rings. The van der Waals surface area contributed by atoms with Gasteiger partial charge in [0.05, 0.1) is 110 Å². The molecule has 21 unspecified atom stereocenters. The number of aliphatic hydroxyl groups excluding tert-OH is 2. The molecular weight excluding hydrogens is 1170 g/mol. The van der Waals surface area contributed by atoms with Crippen molar-refractivity contribution in [3.8, 4) is 0 Å². The Labute approximate surface area is 573 Å². The summed E-state index contributed by atoms with van der Waals surface area (Å²) in [6.07, 6.45) is 10.6. The van der Waals surface area contributed by atoms with E-state index in [9.17, 15) is 10.2 Å². The highest BCUT2D eigenvalue weighted by Gasteiger charge is 2.51. The van der Waals surface area contributed by atoms with Gasteiger partial charge in [-0.1, -0.05) is 187 Å². The highest BCUT2D eigenvalue weighted by atomic mass is 16.7. The van der Waals surface area contributed by atoms with Gasteiger partial charge < -0.3 is 62.3 Å². The van der Waals surface area contributed by atoms with Gasteiger partial charge in [-0.3, -0.25) is 0 Å². The van der Waals surface area contributed by atoms with E-state index >= 15 is 0 Å². The van der Waals surface area contributed by atoms with Gasteiger partial charge in [0.25, 0.3) is 0 Å². The maximum absolute atomic E-state index is 9.84. The van der Waals surface area contributed by atoms with Crippen LogP contribution in [0.25, 0.3) is 0 Å². The van der Waals surface area contributed by atoms with Gasteiger partial charge >= 0.3 is 0 Å². The van der Waals surface area contributed by atoms with Gasteiger partial charge in [-0.15, -0.1) is 0 Å². The minimum absolute atomic E-state index is 0.00609. The van der Waals surface area contributed by atoms with Crippen molar-refractivity contribution < 1.29 is 62.3 Å². The van der Waals surface area contributed by atoms with Gasteiger partial charge in [-0.05, 0) is 157 Å². The average molecular weight is 1320 g/mol. The molecule has 8 heterocycles. The summed E-state index contributed by atoms with van der Waals surface area (Å²) in [5, 5.41) is 19.6. The zero-order valence-corrected chi connectivity index (χ0v) is 66.1. The lowest BCUT2D eigenvalue weighted by Crippen LogP contribution is -2.57. The van der Waals surface area contributed by atoms with Crippen molar-refractivity contribution in [2.45, 2.75) is 402 Å². The molecule has 8 aliphatic heterocycles. The molecule has 8 rings (SSSR count). The van der Waals surface area contributed by atoms with Crippen LogP contribution >= 0.6 is 0 Å². The highest BCUT2D eigenvalue weighted by Crippen LogP contribution is 2.45. The van der Waals surface area contributed by atoms with Crippen LogP contribution in [-0.2, 0) is 52.1 Å². The van der Waals surface area contributed by atoms with Crippen LogP contribution < -0.4 is 0 Å². The third-order valence-electron chi connectivity index (χ3n) is 27.2. The monoisotopic (exact) mass is 1320 g/mol. The molecule has 0 bridgehead atoms. The zero-order chi connectivity index (χ0) is 70.5. The van der Waals surface area contributed by atoms with Gasteiger partial charge in [0.2, 0.25) is 0 Å². The van der Waals surface area contributed by atoms with Crippen LogP contribution in [0, 0.1) is 112 Å². The van der Waals surface area contributed by atoms with Crippen molar-refractivity contribution in [3.63, 3.8) is 0 Å². The molecule has 0 aromatic carbocycles. The fraction of sp³-hybridized carbons (Fsp3) is 1.00. The van der Waals surface area contributed by atoms with Crippen molar-refractivity contribution in [1.29, 1.82) is 0 Å². The van der Waals surface area contributed by atoms with E-state index < -0.39 is 0 Å².